The summed E-state index contributed by atoms with van der Waals surface area (Å²) in [5, 5.41) is 11.4. The predicted molar refractivity (Wildman–Crippen MR) is 76.8 cm³/mol. The second-order valence-electron chi connectivity index (χ2n) is 5.66. The van der Waals surface area contributed by atoms with E-state index < -0.39 is 0 Å². The normalized spacial score (nSPS) is 17.2. The molecule has 0 bridgehead atoms. The van der Waals surface area contributed by atoms with E-state index in [9.17, 15) is 0 Å². The second kappa shape index (κ2) is 7.60. The molecule has 108 valence electrons. The summed E-state index contributed by atoms with van der Waals surface area (Å²) < 4.78 is 1.96. The topological polar surface area (TPSA) is 46.0 Å². The lowest BCUT2D eigenvalue weighted by Gasteiger charge is -2.31. The van der Waals surface area contributed by atoms with Gasteiger partial charge in [0.1, 0.15) is 12.2 Å². The first kappa shape index (κ1) is 14.5. The van der Waals surface area contributed by atoms with Crippen molar-refractivity contribution in [2.45, 2.75) is 51.1 Å². The van der Waals surface area contributed by atoms with Gasteiger partial charge in [-0.15, -0.1) is 10.2 Å². The van der Waals surface area contributed by atoms with Crippen molar-refractivity contribution in [1.82, 2.24) is 25.0 Å². The molecule has 0 aliphatic heterocycles. The third-order valence-electron chi connectivity index (χ3n) is 4.15. The summed E-state index contributed by atoms with van der Waals surface area (Å²) in [7, 11) is 4.26. The summed E-state index contributed by atoms with van der Waals surface area (Å²) >= 11 is 0. The lowest BCUT2D eigenvalue weighted by atomic mass is 9.94. The van der Waals surface area contributed by atoms with E-state index in [0.717, 1.165) is 25.0 Å². The molecule has 5 heteroatoms. The molecule has 0 amide bonds. The smallest absolute Gasteiger partial charge is 0.146 e. The van der Waals surface area contributed by atoms with Crippen LogP contribution in [0, 0.1) is 0 Å². The van der Waals surface area contributed by atoms with E-state index in [1.54, 1.807) is 6.33 Å². The Bertz CT molecular complexity index is 356. The summed E-state index contributed by atoms with van der Waals surface area (Å²) in [5.74, 6) is 1.00. The molecule has 1 aliphatic rings. The third-order valence-corrected chi connectivity index (χ3v) is 4.15. The Morgan fingerprint density at radius 1 is 1.37 bits per heavy atom. The van der Waals surface area contributed by atoms with Crippen LogP contribution in [0.4, 0.5) is 0 Å². The van der Waals surface area contributed by atoms with Gasteiger partial charge in [-0.05, 0) is 39.4 Å². The molecule has 1 heterocycles. The molecule has 0 saturated heterocycles. The molecule has 1 fully saturated rings. The lowest BCUT2D eigenvalue weighted by Crippen LogP contribution is -2.35. The Balaban J connectivity index is 1.55. The maximum Gasteiger partial charge on any atom is 0.146 e. The quantitative estimate of drug-likeness (QED) is 0.760. The highest BCUT2D eigenvalue weighted by atomic mass is 15.3. The Kier molecular flexibility index (Phi) is 5.79. The molecule has 0 atom stereocenters. The van der Waals surface area contributed by atoms with Crippen LogP contribution < -0.4 is 5.32 Å². The van der Waals surface area contributed by atoms with Gasteiger partial charge in [-0.2, -0.15) is 0 Å². The van der Waals surface area contributed by atoms with Crippen LogP contribution in [0.5, 0.6) is 0 Å². The fourth-order valence-electron chi connectivity index (χ4n) is 2.83. The van der Waals surface area contributed by atoms with Crippen molar-refractivity contribution in [1.29, 1.82) is 0 Å². The van der Waals surface area contributed by atoms with Crippen LogP contribution in [-0.4, -0.2) is 45.8 Å². The van der Waals surface area contributed by atoms with Crippen LogP contribution in [-0.2, 0) is 13.6 Å². The molecule has 1 aromatic heterocycles. The molecular weight excluding hydrogens is 238 g/mol. The standard InChI is InChI=1S/C14H27N5/c1-18(13-7-4-3-5-8-13)10-6-9-15-11-14-17-16-12-19(14)2/h12-13,15H,3-11H2,1-2H3. The molecule has 0 spiro atoms. The van der Waals surface area contributed by atoms with Crippen LogP contribution in [0.3, 0.4) is 0 Å². The fraction of sp³-hybridized carbons (Fsp3) is 0.857. The Labute approximate surface area is 116 Å². The van der Waals surface area contributed by atoms with Gasteiger partial charge >= 0.3 is 0 Å². The third kappa shape index (κ3) is 4.58. The van der Waals surface area contributed by atoms with Crippen molar-refractivity contribution in [2.24, 2.45) is 7.05 Å². The fourth-order valence-corrected chi connectivity index (χ4v) is 2.83. The zero-order chi connectivity index (χ0) is 13.5. The average Bonchev–Trinajstić information content (AvgIpc) is 2.85. The molecule has 1 N–H and O–H groups in total. The highest BCUT2D eigenvalue weighted by molar-refractivity contribution is 4.83. The van der Waals surface area contributed by atoms with Crippen molar-refractivity contribution in [3.05, 3.63) is 12.2 Å². The monoisotopic (exact) mass is 265 g/mol. The van der Waals surface area contributed by atoms with Gasteiger partial charge < -0.3 is 14.8 Å². The minimum atomic E-state index is 0.809. The number of nitrogens with one attached hydrogen (secondary N) is 1. The van der Waals surface area contributed by atoms with Crippen molar-refractivity contribution in [3.8, 4) is 0 Å². The SMILES string of the molecule is CN(CCCNCc1nncn1C)C1CCCCC1. The van der Waals surface area contributed by atoms with Crippen LogP contribution in [0.1, 0.15) is 44.3 Å². The Morgan fingerprint density at radius 2 is 2.16 bits per heavy atom. The maximum atomic E-state index is 4.06. The van der Waals surface area contributed by atoms with Crippen LogP contribution in [0.15, 0.2) is 6.33 Å². The molecule has 2 rings (SSSR count). The first-order chi connectivity index (χ1) is 9.27. The number of aromatic nitrogens is 3. The molecular formula is C14H27N5. The zero-order valence-electron chi connectivity index (χ0n) is 12.3. The van der Waals surface area contributed by atoms with Gasteiger partial charge in [0.25, 0.3) is 0 Å². The van der Waals surface area contributed by atoms with Crippen molar-refractivity contribution < 1.29 is 0 Å². The van der Waals surface area contributed by atoms with E-state index >= 15 is 0 Å². The molecule has 0 aromatic carbocycles. The number of nitrogens with zero attached hydrogens (tertiary/aromatic N) is 4. The van der Waals surface area contributed by atoms with Gasteiger partial charge in [0.2, 0.25) is 0 Å². The first-order valence-corrected chi connectivity index (χ1v) is 7.51. The maximum absolute atomic E-state index is 4.06. The summed E-state index contributed by atoms with van der Waals surface area (Å²) in [6.45, 7) is 3.05. The molecule has 0 radical (unpaired) electrons. The minimum Gasteiger partial charge on any atom is -0.320 e. The van der Waals surface area contributed by atoms with Crippen LogP contribution in [0.2, 0.25) is 0 Å². The van der Waals surface area contributed by atoms with Gasteiger partial charge in [-0.3, -0.25) is 0 Å². The Hall–Kier alpha value is -0.940. The van der Waals surface area contributed by atoms with E-state index in [1.807, 2.05) is 11.6 Å². The molecule has 0 unspecified atom stereocenters. The summed E-state index contributed by atoms with van der Waals surface area (Å²) in [6, 6.07) is 0.826. The number of hydrogen-bond acceptors (Lipinski definition) is 4. The van der Waals surface area contributed by atoms with Crippen molar-refractivity contribution in [2.75, 3.05) is 20.1 Å². The van der Waals surface area contributed by atoms with Gasteiger partial charge in [0.05, 0.1) is 6.54 Å². The van der Waals surface area contributed by atoms with Crippen LogP contribution in [0.25, 0.3) is 0 Å². The highest BCUT2D eigenvalue weighted by Crippen LogP contribution is 2.21. The number of rotatable bonds is 7. The van der Waals surface area contributed by atoms with Gasteiger partial charge in [-0.1, -0.05) is 19.3 Å². The Morgan fingerprint density at radius 3 is 2.84 bits per heavy atom. The van der Waals surface area contributed by atoms with Crippen LogP contribution >= 0.6 is 0 Å². The van der Waals surface area contributed by atoms with Gasteiger partial charge in [0, 0.05) is 13.1 Å². The molecule has 1 aliphatic carbocycles. The summed E-state index contributed by atoms with van der Waals surface area (Å²) in [4.78, 5) is 2.54. The van der Waals surface area contributed by atoms with Crippen molar-refractivity contribution in [3.63, 3.8) is 0 Å². The van der Waals surface area contributed by atoms with E-state index in [-0.39, 0.29) is 0 Å². The molecule has 1 aromatic rings. The van der Waals surface area contributed by atoms with E-state index in [2.05, 4.69) is 27.5 Å². The van der Waals surface area contributed by atoms with E-state index in [0.29, 0.717) is 0 Å². The summed E-state index contributed by atoms with van der Waals surface area (Å²) in [5.41, 5.74) is 0. The van der Waals surface area contributed by atoms with E-state index in [4.69, 9.17) is 0 Å². The minimum absolute atomic E-state index is 0.809. The number of hydrogen-bond donors (Lipinski definition) is 1. The van der Waals surface area contributed by atoms with E-state index in [1.165, 1.54) is 45.1 Å². The molecule has 5 nitrogen and oxygen atoms in total. The molecule has 1 saturated carbocycles. The average molecular weight is 265 g/mol. The predicted octanol–water partition coefficient (Wildman–Crippen LogP) is 1.56. The van der Waals surface area contributed by atoms with Gasteiger partial charge in [0.15, 0.2) is 0 Å². The largest absolute Gasteiger partial charge is 0.320 e. The second-order valence-corrected chi connectivity index (χ2v) is 5.66. The zero-order valence-corrected chi connectivity index (χ0v) is 12.3. The van der Waals surface area contributed by atoms with Crippen molar-refractivity contribution >= 4 is 0 Å². The highest BCUT2D eigenvalue weighted by Gasteiger charge is 2.17. The lowest BCUT2D eigenvalue weighted by molar-refractivity contribution is 0.189. The van der Waals surface area contributed by atoms with Gasteiger partial charge in [-0.25, -0.2) is 0 Å². The first-order valence-electron chi connectivity index (χ1n) is 7.51. The summed E-state index contributed by atoms with van der Waals surface area (Å²) in [6.07, 6.45) is 9.99. The number of aryl methyl sites for hydroxylation is 1. The molecule has 19 heavy (non-hydrogen) atoms.